The molecular formula is C7H14O2. The van der Waals surface area contributed by atoms with Crippen molar-refractivity contribution in [3.8, 4) is 0 Å². The van der Waals surface area contributed by atoms with E-state index in [1.165, 1.54) is 0 Å². The Labute approximate surface area is 55.8 Å². The maximum absolute atomic E-state index is 8.79. The lowest BCUT2D eigenvalue weighted by molar-refractivity contribution is 0.160. The lowest BCUT2D eigenvalue weighted by atomic mass is 9.95. The van der Waals surface area contributed by atoms with Crippen LogP contribution in [0.4, 0.5) is 0 Å². The lowest BCUT2D eigenvalue weighted by Gasteiger charge is -2.10. The number of aliphatic hydroxyl groups is 1. The second-order valence-electron chi connectivity index (χ2n) is 2.65. The van der Waals surface area contributed by atoms with Gasteiger partial charge in [-0.05, 0) is 5.92 Å². The van der Waals surface area contributed by atoms with Crippen molar-refractivity contribution >= 4 is 0 Å². The Bertz CT molecular complexity index is 73.0. The zero-order valence-corrected chi connectivity index (χ0v) is 5.84. The predicted molar refractivity (Wildman–Crippen MR) is 35.2 cm³/mol. The topological polar surface area (TPSA) is 29.5 Å². The third-order valence-electron chi connectivity index (χ3n) is 2.09. The van der Waals surface area contributed by atoms with E-state index < -0.39 is 0 Å². The molecule has 0 spiro atoms. The fraction of sp³-hybridized carbons (Fsp3) is 1.00. The van der Waals surface area contributed by atoms with Gasteiger partial charge in [-0.25, -0.2) is 0 Å². The summed E-state index contributed by atoms with van der Waals surface area (Å²) in [5.74, 6) is 1.02. The molecule has 54 valence electrons. The molecule has 0 bridgehead atoms. The Morgan fingerprint density at radius 2 is 2.11 bits per heavy atom. The van der Waals surface area contributed by atoms with Gasteiger partial charge >= 0.3 is 0 Å². The molecule has 1 N–H and O–H groups in total. The summed E-state index contributed by atoms with van der Waals surface area (Å²) < 4.78 is 5.19. The summed E-state index contributed by atoms with van der Waals surface area (Å²) in [6.45, 7) is 4.04. The molecule has 2 heteroatoms. The summed E-state index contributed by atoms with van der Waals surface area (Å²) in [5, 5.41) is 8.79. The van der Waals surface area contributed by atoms with Gasteiger partial charge in [0.05, 0.1) is 6.61 Å². The van der Waals surface area contributed by atoms with Crippen molar-refractivity contribution in [3.63, 3.8) is 0 Å². The van der Waals surface area contributed by atoms with Gasteiger partial charge in [-0.3, -0.25) is 0 Å². The van der Waals surface area contributed by atoms with Crippen LogP contribution in [0.15, 0.2) is 0 Å². The van der Waals surface area contributed by atoms with E-state index in [2.05, 4.69) is 6.92 Å². The third kappa shape index (κ3) is 1.43. The van der Waals surface area contributed by atoms with E-state index >= 15 is 0 Å². The first-order valence-corrected chi connectivity index (χ1v) is 3.57. The van der Waals surface area contributed by atoms with Crippen LogP contribution < -0.4 is 0 Å². The molecule has 1 aliphatic heterocycles. The van der Waals surface area contributed by atoms with E-state index in [0.29, 0.717) is 18.4 Å². The van der Waals surface area contributed by atoms with Crippen LogP contribution in [-0.2, 0) is 4.74 Å². The lowest BCUT2D eigenvalue weighted by Crippen LogP contribution is -2.14. The van der Waals surface area contributed by atoms with Gasteiger partial charge in [0.25, 0.3) is 0 Å². The Hall–Kier alpha value is -0.0800. The molecule has 0 aliphatic carbocycles. The number of ether oxygens (including phenoxy) is 1. The number of hydrogen-bond donors (Lipinski definition) is 1. The van der Waals surface area contributed by atoms with Crippen LogP contribution in [0.2, 0.25) is 0 Å². The smallest absolute Gasteiger partial charge is 0.0519 e. The molecule has 1 saturated heterocycles. The molecule has 1 heterocycles. The van der Waals surface area contributed by atoms with Crippen molar-refractivity contribution in [3.05, 3.63) is 0 Å². The van der Waals surface area contributed by atoms with Crippen LogP contribution >= 0.6 is 0 Å². The minimum atomic E-state index is 0.290. The highest BCUT2D eigenvalue weighted by atomic mass is 16.5. The quantitative estimate of drug-likeness (QED) is 0.594. The molecule has 2 unspecified atom stereocenters. The van der Waals surface area contributed by atoms with Gasteiger partial charge in [0.1, 0.15) is 0 Å². The molecule has 0 saturated carbocycles. The van der Waals surface area contributed by atoms with Crippen molar-refractivity contribution in [1.29, 1.82) is 0 Å². The van der Waals surface area contributed by atoms with Gasteiger partial charge in [0.2, 0.25) is 0 Å². The summed E-state index contributed by atoms with van der Waals surface area (Å²) in [5.41, 5.74) is 0. The molecule has 0 aromatic heterocycles. The summed E-state index contributed by atoms with van der Waals surface area (Å²) in [6.07, 6.45) is 1.13. The minimum Gasteiger partial charge on any atom is -0.396 e. The minimum absolute atomic E-state index is 0.290. The fourth-order valence-corrected chi connectivity index (χ4v) is 1.30. The van der Waals surface area contributed by atoms with Gasteiger partial charge in [0.15, 0.2) is 0 Å². The van der Waals surface area contributed by atoms with Crippen molar-refractivity contribution < 1.29 is 9.84 Å². The van der Waals surface area contributed by atoms with Gasteiger partial charge in [-0.1, -0.05) is 13.3 Å². The normalized spacial score (nSPS) is 35.3. The zero-order chi connectivity index (χ0) is 6.69. The first-order chi connectivity index (χ1) is 4.38. The van der Waals surface area contributed by atoms with Crippen LogP contribution in [0, 0.1) is 11.8 Å². The molecule has 1 rings (SSSR count). The van der Waals surface area contributed by atoms with Crippen molar-refractivity contribution in [2.45, 2.75) is 13.3 Å². The van der Waals surface area contributed by atoms with E-state index in [9.17, 15) is 0 Å². The van der Waals surface area contributed by atoms with Crippen molar-refractivity contribution in [2.24, 2.45) is 11.8 Å². The van der Waals surface area contributed by atoms with Gasteiger partial charge in [0, 0.05) is 19.1 Å². The van der Waals surface area contributed by atoms with E-state index in [1.54, 1.807) is 0 Å². The highest BCUT2D eigenvalue weighted by molar-refractivity contribution is 4.72. The second kappa shape index (κ2) is 3.18. The second-order valence-corrected chi connectivity index (χ2v) is 2.65. The SMILES string of the molecule is CCC1COCC1CO. The van der Waals surface area contributed by atoms with Crippen LogP contribution in [0.1, 0.15) is 13.3 Å². The third-order valence-corrected chi connectivity index (χ3v) is 2.09. The number of rotatable bonds is 2. The highest BCUT2D eigenvalue weighted by Crippen LogP contribution is 2.22. The molecular weight excluding hydrogens is 116 g/mol. The van der Waals surface area contributed by atoms with Gasteiger partial charge in [-0.15, -0.1) is 0 Å². The molecule has 1 fully saturated rings. The van der Waals surface area contributed by atoms with E-state index in [-0.39, 0.29) is 0 Å². The maximum atomic E-state index is 8.79. The Balaban J connectivity index is 2.32. The van der Waals surface area contributed by atoms with Crippen LogP contribution in [0.5, 0.6) is 0 Å². The van der Waals surface area contributed by atoms with E-state index in [0.717, 1.165) is 19.6 Å². The summed E-state index contributed by atoms with van der Waals surface area (Å²) in [7, 11) is 0. The van der Waals surface area contributed by atoms with Crippen LogP contribution in [-0.4, -0.2) is 24.9 Å². The summed E-state index contributed by atoms with van der Waals surface area (Å²) in [4.78, 5) is 0. The molecule has 9 heavy (non-hydrogen) atoms. The number of aliphatic hydroxyl groups excluding tert-OH is 1. The summed E-state index contributed by atoms with van der Waals surface area (Å²) in [6, 6.07) is 0. The molecule has 0 amide bonds. The van der Waals surface area contributed by atoms with Gasteiger partial charge < -0.3 is 9.84 Å². The van der Waals surface area contributed by atoms with Gasteiger partial charge in [-0.2, -0.15) is 0 Å². The average molecular weight is 130 g/mol. The zero-order valence-electron chi connectivity index (χ0n) is 5.84. The van der Waals surface area contributed by atoms with Crippen LogP contribution in [0.3, 0.4) is 0 Å². The standard InChI is InChI=1S/C7H14O2/c1-2-6-4-9-5-7(6)3-8/h6-8H,2-5H2,1H3. The maximum Gasteiger partial charge on any atom is 0.0519 e. The molecule has 1 aliphatic rings. The predicted octanol–water partition coefficient (Wildman–Crippen LogP) is 0.651. The van der Waals surface area contributed by atoms with Crippen molar-refractivity contribution in [2.75, 3.05) is 19.8 Å². The largest absolute Gasteiger partial charge is 0.396 e. The fourth-order valence-electron chi connectivity index (χ4n) is 1.30. The molecule has 2 nitrogen and oxygen atoms in total. The first kappa shape index (κ1) is 7.03. The summed E-state index contributed by atoms with van der Waals surface area (Å²) >= 11 is 0. The highest BCUT2D eigenvalue weighted by Gasteiger charge is 2.25. The molecule has 0 aromatic carbocycles. The monoisotopic (exact) mass is 130 g/mol. The Kier molecular flexibility index (Phi) is 2.49. The molecule has 0 aromatic rings. The van der Waals surface area contributed by atoms with E-state index in [1.807, 2.05) is 0 Å². The Morgan fingerprint density at radius 1 is 1.44 bits per heavy atom. The number of hydrogen-bond acceptors (Lipinski definition) is 2. The first-order valence-electron chi connectivity index (χ1n) is 3.57. The average Bonchev–Trinajstić information content (AvgIpc) is 2.33. The van der Waals surface area contributed by atoms with E-state index in [4.69, 9.17) is 9.84 Å². The Morgan fingerprint density at radius 3 is 2.56 bits per heavy atom. The van der Waals surface area contributed by atoms with Crippen LogP contribution in [0.25, 0.3) is 0 Å². The molecule has 0 radical (unpaired) electrons. The van der Waals surface area contributed by atoms with Crippen molar-refractivity contribution in [1.82, 2.24) is 0 Å². The molecule has 2 atom stereocenters.